The number of thioether (sulfide) groups is 1. The molecule has 0 aliphatic rings. The summed E-state index contributed by atoms with van der Waals surface area (Å²) >= 11 is 2.61. The molecule has 4 rings (SSSR count). The van der Waals surface area contributed by atoms with E-state index in [1.165, 1.54) is 46.4 Å². The highest BCUT2D eigenvalue weighted by molar-refractivity contribution is 7.99. The molecule has 1 N–H and O–H groups in total. The van der Waals surface area contributed by atoms with Gasteiger partial charge < -0.3 is 14.6 Å². The number of alkyl halides is 2. The van der Waals surface area contributed by atoms with Crippen LogP contribution < -0.4 is 10.1 Å². The first-order valence-electron chi connectivity index (χ1n) is 10.2. The average Bonchev–Trinajstić information content (AvgIpc) is 3.41. The molecule has 0 atom stereocenters. The number of carbonyl (C=O) groups excluding carboxylic acids is 1. The van der Waals surface area contributed by atoms with E-state index in [2.05, 4.69) is 51.2 Å². The van der Waals surface area contributed by atoms with E-state index >= 15 is 0 Å². The number of anilines is 1. The number of aromatic nitrogens is 4. The second kappa shape index (κ2) is 10.3. The number of amides is 1. The standard InChI is InChI=1S/C23H21F2N5O2S2/c1-13-4-5-16(10-14(13)2)18-11-33-22(26-18)27-19(31)12-34-23-29-28-20(30(23)3)15-6-8-17(9-7-15)32-21(24)25/h4-11,21H,12H2,1-3H3,(H,26,27,31). The molecule has 0 spiro atoms. The molecule has 34 heavy (non-hydrogen) atoms. The molecule has 0 bridgehead atoms. The molecule has 2 aromatic heterocycles. The van der Waals surface area contributed by atoms with Gasteiger partial charge in [-0.2, -0.15) is 8.78 Å². The van der Waals surface area contributed by atoms with Crippen LogP contribution in [0.2, 0.25) is 0 Å². The van der Waals surface area contributed by atoms with Crippen LogP contribution in [0.15, 0.2) is 53.0 Å². The van der Waals surface area contributed by atoms with E-state index in [4.69, 9.17) is 0 Å². The number of nitrogens with one attached hydrogen (secondary N) is 1. The van der Waals surface area contributed by atoms with Crippen molar-refractivity contribution in [1.82, 2.24) is 19.7 Å². The molecule has 11 heteroatoms. The molecule has 0 radical (unpaired) electrons. The highest BCUT2D eigenvalue weighted by atomic mass is 32.2. The SMILES string of the molecule is Cc1ccc(-c2csc(NC(=O)CSc3nnc(-c4ccc(OC(F)F)cc4)n3C)n2)cc1C. The monoisotopic (exact) mass is 501 g/mol. The zero-order chi connectivity index (χ0) is 24.2. The van der Waals surface area contributed by atoms with Crippen LogP contribution in [0.25, 0.3) is 22.6 Å². The second-order valence-electron chi connectivity index (χ2n) is 7.44. The highest BCUT2D eigenvalue weighted by Gasteiger charge is 2.15. The Kier molecular flexibility index (Phi) is 7.23. The zero-order valence-electron chi connectivity index (χ0n) is 18.6. The molecule has 0 aliphatic carbocycles. The number of rotatable bonds is 8. The Bertz CT molecular complexity index is 1310. The van der Waals surface area contributed by atoms with E-state index in [0.717, 1.165) is 11.3 Å². The quantitative estimate of drug-likeness (QED) is 0.319. The number of hydrogen-bond donors (Lipinski definition) is 1. The van der Waals surface area contributed by atoms with Gasteiger partial charge in [0.25, 0.3) is 0 Å². The fraction of sp³-hybridized carbons (Fsp3) is 0.217. The summed E-state index contributed by atoms with van der Waals surface area (Å²) < 4.78 is 30.7. The van der Waals surface area contributed by atoms with Gasteiger partial charge in [0, 0.05) is 23.6 Å². The van der Waals surface area contributed by atoms with Crippen molar-refractivity contribution in [2.75, 3.05) is 11.1 Å². The predicted molar refractivity (Wildman–Crippen MR) is 129 cm³/mol. The van der Waals surface area contributed by atoms with E-state index in [1.807, 2.05) is 11.4 Å². The van der Waals surface area contributed by atoms with Crippen molar-refractivity contribution in [1.29, 1.82) is 0 Å². The third kappa shape index (κ3) is 5.60. The number of carbonyl (C=O) groups is 1. The molecule has 1 amide bonds. The van der Waals surface area contributed by atoms with Crippen molar-refractivity contribution >= 4 is 34.1 Å². The summed E-state index contributed by atoms with van der Waals surface area (Å²) in [5.41, 5.74) is 4.92. The lowest BCUT2D eigenvalue weighted by atomic mass is 10.1. The molecule has 4 aromatic rings. The minimum Gasteiger partial charge on any atom is -0.435 e. The fourth-order valence-corrected chi connectivity index (χ4v) is 4.57. The van der Waals surface area contributed by atoms with Gasteiger partial charge in [-0.25, -0.2) is 4.98 Å². The van der Waals surface area contributed by atoms with Crippen LogP contribution in [0.4, 0.5) is 13.9 Å². The summed E-state index contributed by atoms with van der Waals surface area (Å²) in [6, 6.07) is 12.3. The summed E-state index contributed by atoms with van der Waals surface area (Å²) in [5.74, 6) is 0.537. The Labute approximate surface area is 203 Å². The van der Waals surface area contributed by atoms with Gasteiger partial charge in [0.2, 0.25) is 5.91 Å². The molecule has 0 saturated heterocycles. The summed E-state index contributed by atoms with van der Waals surface area (Å²) in [5, 5.41) is 14.1. The number of nitrogens with zero attached hydrogens (tertiary/aromatic N) is 4. The first kappa shape index (κ1) is 23.8. The van der Waals surface area contributed by atoms with Crippen LogP contribution in [0, 0.1) is 13.8 Å². The minimum atomic E-state index is -2.88. The first-order chi connectivity index (χ1) is 16.3. The lowest BCUT2D eigenvalue weighted by Gasteiger charge is -2.06. The third-order valence-electron chi connectivity index (χ3n) is 5.06. The van der Waals surface area contributed by atoms with Crippen LogP contribution in [-0.4, -0.2) is 38.0 Å². The summed E-state index contributed by atoms with van der Waals surface area (Å²) in [7, 11) is 1.77. The first-order valence-corrected chi connectivity index (χ1v) is 12.1. The molecule has 0 unspecified atom stereocenters. The van der Waals surface area contributed by atoms with Gasteiger partial charge in [0.05, 0.1) is 11.4 Å². The normalized spacial score (nSPS) is 11.1. The van der Waals surface area contributed by atoms with E-state index in [9.17, 15) is 13.6 Å². The fourth-order valence-electron chi connectivity index (χ4n) is 3.13. The van der Waals surface area contributed by atoms with Crippen molar-refractivity contribution in [3.63, 3.8) is 0 Å². The molecular formula is C23H21F2N5O2S2. The number of thiazole rings is 1. The van der Waals surface area contributed by atoms with E-state index in [-0.39, 0.29) is 17.4 Å². The maximum atomic E-state index is 12.4. The van der Waals surface area contributed by atoms with Gasteiger partial charge in [-0.3, -0.25) is 4.79 Å². The lowest BCUT2D eigenvalue weighted by Crippen LogP contribution is -2.14. The molecule has 7 nitrogen and oxygen atoms in total. The Morgan fingerprint density at radius 2 is 1.85 bits per heavy atom. The summed E-state index contributed by atoms with van der Waals surface area (Å²) in [6.07, 6.45) is 0. The Balaban J connectivity index is 1.35. The van der Waals surface area contributed by atoms with Crippen LogP contribution in [0.1, 0.15) is 11.1 Å². The lowest BCUT2D eigenvalue weighted by molar-refractivity contribution is -0.113. The Morgan fingerprint density at radius 1 is 1.12 bits per heavy atom. The van der Waals surface area contributed by atoms with Crippen molar-refractivity contribution in [3.05, 3.63) is 59.0 Å². The smallest absolute Gasteiger partial charge is 0.387 e. The number of aryl methyl sites for hydroxylation is 2. The molecule has 2 aromatic carbocycles. The van der Waals surface area contributed by atoms with Gasteiger partial charge >= 0.3 is 6.61 Å². The van der Waals surface area contributed by atoms with Gasteiger partial charge in [-0.05, 0) is 55.3 Å². The van der Waals surface area contributed by atoms with E-state index in [1.54, 1.807) is 23.7 Å². The van der Waals surface area contributed by atoms with Gasteiger partial charge in [0.15, 0.2) is 16.1 Å². The molecular weight excluding hydrogens is 480 g/mol. The van der Waals surface area contributed by atoms with Crippen molar-refractivity contribution in [3.8, 4) is 28.4 Å². The molecule has 0 saturated carbocycles. The topological polar surface area (TPSA) is 81.9 Å². The van der Waals surface area contributed by atoms with Crippen molar-refractivity contribution < 1.29 is 18.3 Å². The van der Waals surface area contributed by atoms with E-state index in [0.29, 0.717) is 21.7 Å². The maximum absolute atomic E-state index is 12.4. The van der Waals surface area contributed by atoms with Crippen LogP contribution in [0.3, 0.4) is 0 Å². The number of halogens is 2. The second-order valence-corrected chi connectivity index (χ2v) is 9.24. The summed E-state index contributed by atoms with van der Waals surface area (Å²) in [4.78, 5) is 17.0. The molecule has 2 heterocycles. The number of ether oxygens (including phenoxy) is 1. The van der Waals surface area contributed by atoms with Gasteiger partial charge in [0.1, 0.15) is 5.75 Å². The molecule has 176 valence electrons. The summed E-state index contributed by atoms with van der Waals surface area (Å²) in [6.45, 7) is 1.24. The average molecular weight is 502 g/mol. The van der Waals surface area contributed by atoms with Crippen LogP contribution >= 0.6 is 23.1 Å². The Morgan fingerprint density at radius 3 is 2.56 bits per heavy atom. The predicted octanol–water partition coefficient (Wildman–Crippen LogP) is 5.55. The van der Waals surface area contributed by atoms with Gasteiger partial charge in [-0.1, -0.05) is 23.9 Å². The number of benzene rings is 2. The zero-order valence-corrected chi connectivity index (χ0v) is 20.2. The van der Waals surface area contributed by atoms with Crippen LogP contribution in [-0.2, 0) is 11.8 Å². The van der Waals surface area contributed by atoms with Gasteiger partial charge in [-0.15, -0.1) is 21.5 Å². The third-order valence-corrected chi connectivity index (χ3v) is 6.84. The van der Waals surface area contributed by atoms with Crippen LogP contribution in [0.5, 0.6) is 5.75 Å². The molecule has 0 fully saturated rings. The molecule has 0 aliphatic heterocycles. The maximum Gasteiger partial charge on any atom is 0.387 e. The highest BCUT2D eigenvalue weighted by Crippen LogP contribution is 2.28. The van der Waals surface area contributed by atoms with Crippen molar-refractivity contribution in [2.24, 2.45) is 7.05 Å². The largest absolute Gasteiger partial charge is 0.435 e. The van der Waals surface area contributed by atoms with Crippen molar-refractivity contribution in [2.45, 2.75) is 25.6 Å². The van der Waals surface area contributed by atoms with E-state index < -0.39 is 6.61 Å². The minimum absolute atomic E-state index is 0.0649. The number of hydrogen-bond acceptors (Lipinski definition) is 7. The Hall–Kier alpha value is -3.31.